The number of rotatable bonds is 7. The predicted octanol–water partition coefficient (Wildman–Crippen LogP) is 3.01. The minimum absolute atomic E-state index is 0.0217. The molecular formula is C18H30N2O3S. The minimum atomic E-state index is -3.60. The zero-order chi connectivity index (χ0) is 18.7. The largest absolute Gasteiger partial charge is 0.352 e. The number of amides is 1. The first-order chi connectivity index (χ1) is 11.0. The van der Waals surface area contributed by atoms with E-state index < -0.39 is 16.1 Å². The second kappa shape index (κ2) is 8.01. The molecule has 1 aromatic carbocycles. The first-order valence-corrected chi connectivity index (χ1v) is 10.2. The lowest BCUT2D eigenvalue weighted by Crippen LogP contribution is -2.52. The van der Waals surface area contributed by atoms with E-state index in [1.807, 2.05) is 59.7 Å². The van der Waals surface area contributed by atoms with Gasteiger partial charge in [0.25, 0.3) is 0 Å². The Morgan fingerprint density at radius 1 is 1.21 bits per heavy atom. The molecule has 0 aliphatic rings. The minimum Gasteiger partial charge on any atom is -0.352 e. The van der Waals surface area contributed by atoms with Crippen molar-refractivity contribution in [1.29, 1.82) is 0 Å². The van der Waals surface area contributed by atoms with Gasteiger partial charge in [-0.15, -0.1) is 0 Å². The van der Waals surface area contributed by atoms with Crippen molar-refractivity contribution < 1.29 is 13.2 Å². The van der Waals surface area contributed by atoms with E-state index in [1.165, 1.54) is 4.31 Å². The molecule has 1 amide bonds. The van der Waals surface area contributed by atoms with Gasteiger partial charge in [-0.25, -0.2) is 8.42 Å². The highest BCUT2D eigenvalue weighted by Crippen LogP contribution is 2.27. The molecule has 1 N–H and O–H groups in total. The number of sulfonamides is 1. The highest BCUT2D eigenvalue weighted by molar-refractivity contribution is 7.92. The molecule has 0 aliphatic heterocycles. The van der Waals surface area contributed by atoms with Crippen LogP contribution in [-0.4, -0.2) is 32.7 Å². The van der Waals surface area contributed by atoms with Crippen LogP contribution in [0.2, 0.25) is 0 Å². The van der Waals surface area contributed by atoms with E-state index in [0.29, 0.717) is 12.1 Å². The van der Waals surface area contributed by atoms with E-state index in [2.05, 4.69) is 5.32 Å². The summed E-state index contributed by atoms with van der Waals surface area (Å²) in [5.41, 5.74) is 2.35. The Labute approximate surface area is 146 Å². The molecule has 0 unspecified atom stereocenters. The molecule has 0 bridgehead atoms. The van der Waals surface area contributed by atoms with Crippen LogP contribution in [0.5, 0.6) is 0 Å². The number of nitrogens with one attached hydrogen (secondary N) is 1. The third-order valence-electron chi connectivity index (χ3n) is 4.30. The summed E-state index contributed by atoms with van der Waals surface area (Å²) in [7, 11) is -3.60. The molecule has 0 radical (unpaired) electrons. The highest BCUT2D eigenvalue weighted by atomic mass is 32.2. The number of hydrogen-bond acceptors (Lipinski definition) is 3. The van der Waals surface area contributed by atoms with Crippen LogP contribution in [-0.2, 0) is 14.8 Å². The summed E-state index contributed by atoms with van der Waals surface area (Å²) in [4.78, 5) is 12.7. The van der Waals surface area contributed by atoms with Gasteiger partial charge in [0.2, 0.25) is 15.9 Å². The van der Waals surface area contributed by atoms with E-state index in [-0.39, 0.29) is 17.9 Å². The van der Waals surface area contributed by atoms with Gasteiger partial charge in [-0.1, -0.05) is 32.9 Å². The molecule has 0 heterocycles. The van der Waals surface area contributed by atoms with Gasteiger partial charge in [0.15, 0.2) is 0 Å². The number of hydrogen-bond donors (Lipinski definition) is 1. The number of nitrogens with zero attached hydrogens (tertiary/aromatic N) is 1. The SMILES string of the molecule is CC[C@@H](C(=O)N[C@@H](C)C(C)C)N(c1cc(C)ccc1C)S(C)(=O)=O. The van der Waals surface area contributed by atoms with Crippen molar-refractivity contribution in [3.63, 3.8) is 0 Å². The van der Waals surface area contributed by atoms with Crippen LogP contribution >= 0.6 is 0 Å². The van der Waals surface area contributed by atoms with Gasteiger partial charge >= 0.3 is 0 Å². The summed E-state index contributed by atoms with van der Waals surface area (Å²) >= 11 is 0. The van der Waals surface area contributed by atoms with Gasteiger partial charge in [-0.3, -0.25) is 9.10 Å². The van der Waals surface area contributed by atoms with E-state index in [9.17, 15) is 13.2 Å². The number of anilines is 1. The van der Waals surface area contributed by atoms with Crippen LogP contribution in [0.3, 0.4) is 0 Å². The number of carbonyl (C=O) groups excluding carboxylic acids is 1. The number of carbonyl (C=O) groups is 1. The quantitative estimate of drug-likeness (QED) is 0.818. The lowest BCUT2D eigenvalue weighted by molar-refractivity contribution is -0.123. The van der Waals surface area contributed by atoms with E-state index >= 15 is 0 Å². The van der Waals surface area contributed by atoms with Crippen LogP contribution in [0.25, 0.3) is 0 Å². The Bertz CT molecular complexity index is 684. The molecule has 5 nitrogen and oxygen atoms in total. The number of benzene rings is 1. The van der Waals surface area contributed by atoms with E-state index in [4.69, 9.17) is 0 Å². The molecule has 0 aromatic heterocycles. The van der Waals surface area contributed by atoms with Gasteiger partial charge in [0, 0.05) is 6.04 Å². The standard InChI is InChI=1S/C18H30N2O3S/c1-8-16(18(21)19-15(6)12(2)3)20(24(7,22)23)17-11-13(4)9-10-14(17)5/h9-12,15-16H,8H2,1-7H3,(H,19,21)/t15-,16-/m0/s1. The summed E-state index contributed by atoms with van der Waals surface area (Å²) in [6.45, 7) is 11.6. The van der Waals surface area contributed by atoms with Crippen LogP contribution in [0, 0.1) is 19.8 Å². The zero-order valence-electron chi connectivity index (χ0n) is 15.8. The molecule has 0 saturated heterocycles. The monoisotopic (exact) mass is 354 g/mol. The molecule has 1 aromatic rings. The summed E-state index contributed by atoms with van der Waals surface area (Å²) in [5.74, 6) is 0.0175. The van der Waals surface area contributed by atoms with Crippen molar-refractivity contribution >= 4 is 21.6 Å². The molecule has 6 heteroatoms. The van der Waals surface area contributed by atoms with Gasteiger partial charge in [-0.05, 0) is 50.3 Å². The third kappa shape index (κ3) is 4.97. The topological polar surface area (TPSA) is 66.5 Å². The maximum Gasteiger partial charge on any atom is 0.244 e. The van der Waals surface area contributed by atoms with Crippen molar-refractivity contribution in [2.24, 2.45) is 5.92 Å². The predicted molar refractivity (Wildman–Crippen MR) is 99.8 cm³/mol. The maximum atomic E-state index is 12.7. The zero-order valence-corrected chi connectivity index (χ0v) is 16.6. The average molecular weight is 355 g/mol. The van der Waals surface area contributed by atoms with E-state index in [0.717, 1.165) is 17.4 Å². The second-order valence-corrected chi connectivity index (χ2v) is 8.67. The Morgan fingerprint density at radius 3 is 2.25 bits per heavy atom. The third-order valence-corrected chi connectivity index (χ3v) is 5.47. The van der Waals surface area contributed by atoms with Crippen molar-refractivity contribution in [1.82, 2.24) is 5.32 Å². The van der Waals surface area contributed by atoms with Crippen molar-refractivity contribution in [3.05, 3.63) is 29.3 Å². The molecule has 0 spiro atoms. The van der Waals surface area contributed by atoms with Gasteiger partial charge in [0.05, 0.1) is 11.9 Å². The molecule has 1 rings (SSSR count). The van der Waals surface area contributed by atoms with Crippen LogP contribution in [0.15, 0.2) is 18.2 Å². The van der Waals surface area contributed by atoms with Crippen molar-refractivity contribution in [3.8, 4) is 0 Å². The Hall–Kier alpha value is -1.56. The fourth-order valence-electron chi connectivity index (χ4n) is 2.48. The Morgan fingerprint density at radius 2 is 1.79 bits per heavy atom. The second-order valence-electron chi connectivity index (χ2n) is 6.81. The fraction of sp³-hybridized carbons (Fsp3) is 0.611. The lowest BCUT2D eigenvalue weighted by Gasteiger charge is -2.32. The number of aryl methyl sites for hydroxylation is 2. The average Bonchev–Trinajstić information content (AvgIpc) is 2.45. The molecule has 2 atom stereocenters. The Balaban J connectivity index is 3.33. The summed E-state index contributed by atoms with van der Waals surface area (Å²) in [5, 5.41) is 2.94. The van der Waals surface area contributed by atoms with Crippen molar-refractivity contribution in [2.45, 2.75) is 60.0 Å². The van der Waals surface area contributed by atoms with Crippen LogP contribution in [0.1, 0.15) is 45.2 Å². The molecule has 24 heavy (non-hydrogen) atoms. The first-order valence-electron chi connectivity index (χ1n) is 8.36. The fourth-order valence-corrected chi connectivity index (χ4v) is 3.74. The van der Waals surface area contributed by atoms with Gasteiger partial charge in [0.1, 0.15) is 6.04 Å². The summed E-state index contributed by atoms with van der Waals surface area (Å²) in [6, 6.07) is 4.84. The normalized spacial score (nSPS) is 14.3. The van der Waals surface area contributed by atoms with Gasteiger partial charge in [-0.2, -0.15) is 0 Å². The molecule has 0 aliphatic carbocycles. The summed E-state index contributed by atoms with van der Waals surface area (Å²) in [6.07, 6.45) is 1.55. The molecule has 0 saturated carbocycles. The highest BCUT2D eigenvalue weighted by Gasteiger charge is 2.33. The van der Waals surface area contributed by atoms with Crippen molar-refractivity contribution in [2.75, 3.05) is 10.6 Å². The van der Waals surface area contributed by atoms with E-state index in [1.54, 1.807) is 0 Å². The van der Waals surface area contributed by atoms with Crippen LogP contribution in [0.4, 0.5) is 5.69 Å². The maximum absolute atomic E-state index is 12.7. The molecule has 0 fully saturated rings. The lowest BCUT2D eigenvalue weighted by atomic mass is 10.0. The molecule has 136 valence electrons. The molecular weight excluding hydrogens is 324 g/mol. The van der Waals surface area contributed by atoms with Crippen LogP contribution < -0.4 is 9.62 Å². The Kier molecular flexibility index (Phi) is 6.84. The summed E-state index contributed by atoms with van der Waals surface area (Å²) < 4.78 is 26.2. The van der Waals surface area contributed by atoms with Gasteiger partial charge < -0.3 is 5.32 Å². The smallest absolute Gasteiger partial charge is 0.244 e. The first kappa shape index (κ1) is 20.5.